The molecule has 0 aromatic heterocycles. The van der Waals surface area contributed by atoms with E-state index >= 15 is 0 Å². The van der Waals surface area contributed by atoms with E-state index in [0.29, 0.717) is 6.10 Å². The van der Waals surface area contributed by atoms with E-state index in [1.54, 1.807) is 0 Å². The Kier molecular flexibility index (Phi) is 6.60. The van der Waals surface area contributed by atoms with Crippen molar-refractivity contribution in [3.63, 3.8) is 0 Å². The fourth-order valence-corrected chi connectivity index (χ4v) is 2.10. The summed E-state index contributed by atoms with van der Waals surface area (Å²) in [4.78, 5) is 0. The van der Waals surface area contributed by atoms with Crippen molar-refractivity contribution in [2.45, 2.75) is 46.3 Å². The van der Waals surface area contributed by atoms with Crippen molar-refractivity contribution in [1.82, 2.24) is 5.32 Å². The predicted octanol–water partition coefficient (Wildman–Crippen LogP) is 4.13. The number of nitrogens with one attached hydrogen (secondary N) is 1. The van der Waals surface area contributed by atoms with Crippen molar-refractivity contribution in [2.24, 2.45) is 0 Å². The van der Waals surface area contributed by atoms with Crippen LogP contribution in [0.5, 0.6) is 5.75 Å². The van der Waals surface area contributed by atoms with E-state index in [0.717, 1.165) is 36.2 Å². The van der Waals surface area contributed by atoms with Gasteiger partial charge in [0.1, 0.15) is 5.75 Å². The SMILES string of the molecule is CCNCc1cc(Br)ccc1OC(CC)CC. The van der Waals surface area contributed by atoms with Crippen LogP contribution >= 0.6 is 15.9 Å². The van der Waals surface area contributed by atoms with Gasteiger partial charge in [-0.25, -0.2) is 0 Å². The van der Waals surface area contributed by atoms with Gasteiger partial charge in [-0.1, -0.05) is 36.7 Å². The molecule has 1 aromatic rings. The molecule has 0 amide bonds. The van der Waals surface area contributed by atoms with Gasteiger partial charge < -0.3 is 10.1 Å². The molecule has 0 heterocycles. The van der Waals surface area contributed by atoms with Crippen LogP contribution in [-0.4, -0.2) is 12.6 Å². The van der Waals surface area contributed by atoms with E-state index in [1.807, 2.05) is 6.07 Å². The second-order valence-electron chi connectivity index (χ2n) is 4.09. The van der Waals surface area contributed by atoms with Gasteiger partial charge in [0.15, 0.2) is 0 Å². The monoisotopic (exact) mass is 299 g/mol. The van der Waals surface area contributed by atoms with E-state index in [9.17, 15) is 0 Å². The summed E-state index contributed by atoms with van der Waals surface area (Å²) in [6.07, 6.45) is 2.41. The van der Waals surface area contributed by atoms with Crippen LogP contribution in [0.4, 0.5) is 0 Å². The van der Waals surface area contributed by atoms with E-state index in [2.05, 4.69) is 54.2 Å². The summed E-state index contributed by atoms with van der Waals surface area (Å²) in [6, 6.07) is 6.21. The van der Waals surface area contributed by atoms with Crippen LogP contribution in [0.15, 0.2) is 22.7 Å². The summed E-state index contributed by atoms with van der Waals surface area (Å²) in [7, 11) is 0. The summed E-state index contributed by atoms with van der Waals surface area (Å²) in [5, 5.41) is 3.34. The van der Waals surface area contributed by atoms with Gasteiger partial charge in [0.25, 0.3) is 0 Å². The maximum Gasteiger partial charge on any atom is 0.124 e. The summed E-state index contributed by atoms with van der Waals surface area (Å²) in [5.74, 6) is 1.00. The van der Waals surface area contributed by atoms with Crippen LogP contribution in [0.1, 0.15) is 39.2 Å². The minimum absolute atomic E-state index is 0.316. The highest BCUT2D eigenvalue weighted by molar-refractivity contribution is 9.10. The molecule has 3 heteroatoms. The predicted molar refractivity (Wildman–Crippen MR) is 76.5 cm³/mol. The minimum Gasteiger partial charge on any atom is -0.490 e. The Bertz CT molecular complexity index is 337. The first kappa shape index (κ1) is 14.5. The Morgan fingerprint density at radius 2 is 1.94 bits per heavy atom. The van der Waals surface area contributed by atoms with Crippen molar-refractivity contribution >= 4 is 15.9 Å². The van der Waals surface area contributed by atoms with Gasteiger partial charge in [0.2, 0.25) is 0 Å². The molecule has 0 aliphatic carbocycles. The first-order valence-electron chi connectivity index (χ1n) is 6.37. The average molecular weight is 300 g/mol. The number of ether oxygens (including phenoxy) is 1. The first-order chi connectivity index (χ1) is 8.21. The molecular weight excluding hydrogens is 278 g/mol. The lowest BCUT2D eigenvalue weighted by molar-refractivity contribution is 0.190. The van der Waals surface area contributed by atoms with Gasteiger partial charge in [-0.05, 0) is 37.6 Å². The third-order valence-corrected chi connectivity index (χ3v) is 3.29. The fourth-order valence-electron chi connectivity index (χ4n) is 1.70. The molecule has 2 nitrogen and oxygen atoms in total. The molecule has 1 rings (SSSR count). The van der Waals surface area contributed by atoms with E-state index in [4.69, 9.17) is 4.74 Å². The lowest BCUT2D eigenvalue weighted by atomic mass is 10.1. The van der Waals surface area contributed by atoms with Crippen molar-refractivity contribution in [3.8, 4) is 5.75 Å². The van der Waals surface area contributed by atoms with Crippen LogP contribution < -0.4 is 10.1 Å². The molecule has 0 aliphatic heterocycles. The van der Waals surface area contributed by atoms with Crippen LogP contribution in [0.2, 0.25) is 0 Å². The maximum absolute atomic E-state index is 6.04. The molecule has 0 saturated heterocycles. The molecule has 0 saturated carbocycles. The lowest BCUT2D eigenvalue weighted by Gasteiger charge is -2.18. The van der Waals surface area contributed by atoms with E-state index in [1.165, 1.54) is 5.56 Å². The average Bonchev–Trinajstić information content (AvgIpc) is 2.35. The van der Waals surface area contributed by atoms with Gasteiger partial charge in [0, 0.05) is 16.6 Å². The van der Waals surface area contributed by atoms with E-state index in [-0.39, 0.29) is 0 Å². The number of hydrogen-bond acceptors (Lipinski definition) is 2. The van der Waals surface area contributed by atoms with Gasteiger partial charge in [-0.15, -0.1) is 0 Å². The molecule has 0 aliphatic rings. The number of rotatable bonds is 7. The highest BCUT2D eigenvalue weighted by atomic mass is 79.9. The second-order valence-corrected chi connectivity index (χ2v) is 5.00. The minimum atomic E-state index is 0.316. The van der Waals surface area contributed by atoms with Crippen LogP contribution in [0.3, 0.4) is 0 Å². The van der Waals surface area contributed by atoms with Gasteiger partial charge >= 0.3 is 0 Å². The second kappa shape index (κ2) is 7.72. The van der Waals surface area contributed by atoms with Crippen molar-refractivity contribution in [3.05, 3.63) is 28.2 Å². The Balaban J connectivity index is 2.81. The molecule has 1 aromatic carbocycles. The molecule has 0 fully saturated rings. The fraction of sp³-hybridized carbons (Fsp3) is 0.571. The topological polar surface area (TPSA) is 21.3 Å². The maximum atomic E-state index is 6.04. The standard InChI is InChI=1S/C14H22BrNO/c1-4-13(5-2)17-14-8-7-12(15)9-11(14)10-16-6-3/h7-9,13,16H,4-6,10H2,1-3H3. The lowest BCUT2D eigenvalue weighted by Crippen LogP contribution is -2.17. The molecule has 0 atom stereocenters. The highest BCUT2D eigenvalue weighted by Crippen LogP contribution is 2.25. The summed E-state index contributed by atoms with van der Waals surface area (Å²) in [5.41, 5.74) is 1.22. The molecule has 0 spiro atoms. The van der Waals surface area contributed by atoms with Gasteiger partial charge in [0.05, 0.1) is 6.10 Å². The molecule has 96 valence electrons. The highest BCUT2D eigenvalue weighted by Gasteiger charge is 2.09. The third kappa shape index (κ3) is 4.68. The number of benzene rings is 1. The van der Waals surface area contributed by atoms with Crippen molar-refractivity contribution in [1.29, 1.82) is 0 Å². The normalized spacial score (nSPS) is 10.9. The largest absolute Gasteiger partial charge is 0.490 e. The first-order valence-corrected chi connectivity index (χ1v) is 7.16. The zero-order valence-corrected chi connectivity index (χ0v) is 12.5. The Morgan fingerprint density at radius 1 is 1.24 bits per heavy atom. The quantitative estimate of drug-likeness (QED) is 0.817. The zero-order valence-electron chi connectivity index (χ0n) is 10.9. The van der Waals surface area contributed by atoms with Crippen molar-refractivity contribution < 1.29 is 4.74 Å². The summed E-state index contributed by atoms with van der Waals surface area (Å²) >= 11 is 3.51. The smallest absolute Gasteiger partial charge is 0.124 e. The van der Waals surface area contributed by atoms with Gasteiger partial charge in [-0.2, -0.15) is 0 Å². The molecule has 1 N–H and O–H groups in total. The molecule has 0 radical (unpaired) electrons. The summed E-state index contributed by atoms with van der Waals surface area (Å²) in [6.45, 7) is 8.26. The Labute approximate surface area is 113 Å². The third-order valence-electron chi connectivity index (χ3n) is 2.79. The van der Waals surface area contributed by atoms with Crippen LogP contribution in [-0.2, 0) is 6.54 Å². The van der Waals surface area contributed by atoms with Crippen LogP contribution in [0.25, 0.3) is 0 Å². The summed E-state index contributed by atoms with van der Waals surface area (Å²) < 4.78 is 7.13. The zero-order chi connectivity index (χ0) is 12.7. The Morgan fingerprint density at radius 3 is 2.53 bits per heavy atom. The molecule has 0 bridgehead atoms. The van der Waals surface area contributed by atoms with Crippen molar-refractivity contribution in [2.75, 3.05) is 6.54 Å². The van der Waals surface area contributed by atoms with Crippen LogP contribution in [0, 0.1) is 0 Å². The van der Waals surface area contributed by atoms with E-state index < -0.39 is 0 Å². The molecular formula is C14H22BrNO. The molecule has 17 heavy (non-hydrogen) atoms. The van der Waals surface area contributed by atoms with Gasteiger partial charge in [-0.3, -0.25) is 0 Å². The number of hydrogen-bond donors (Lipinski definition) is 1. The Hall–Kier alpha value is -0.540. The number of halogens is 1. The molecule has 0 unspecified atom stereocenters.